The number of para-hydroxylation sites is 2. The maximum absolute atomic E-state index is 4.77. The number of benzene rings is 1. The molecular formula is C21H35IN6. The molecule has 0 radical (unpaired) electrons. The summed E-state index contributed by atoms with van der Waals surface area (Å²) in [7, 11) is 0. The number of H-pyrrole nitrogens is 1. The van der Waals surface area contributed by atoms with E-state index >= 15 is 0 Å². The summed E-state index contributed by atoms with van der Waals surface area (Å²) >= 11 is 0. The van der Waals surface area contributed by atoms with Crippen molar-refractivity contribution in [3.05, 3.63) is 30.1 Å². The van der Waals surface area contributed by atoms with E-state index in [0.717, 1.165) is 48.7 Å². The second kappa shape index (κ2) is 11.6. The molecule has 0 bridgehead atoms. The summed E-state index contributed by atoms with van der Waals surface area (Å²) in [6.07, 6.45) is 4.27. The smallest absolute Gasteiger partial charge is 0.191 e. The van der Waals surface area contributed by atoms with Crippen LogP contribution in [0.15, 0.2) is 29.3 Å². The molecule has 0 saturated carbocycles. The Labute approximate surface area is 186 Å². The number of halogens is 1. The largest absolute Gasteiger partial charge is 0.357 e. The summed E-state index contributed by atoms with van der Waals surface area (Å²) in [4.78, 5) is 15.4. The van der Waals surface area contributed by atoms with Crippen LogP contribution >= 0.6 is 24.0 Å². The zero-order chi connectivity index (χ0) is 19.1. The van der Waals surface area contributed by atoms with E-state index in [0.29, 0.717) is 12.1 Å². The van der Waals surface area contributed by atoms with Gasteiger partial charge in [0.25, 0.3) is 0 Å². The molecule has 6 nitrogen and oxygen atoms in total. The first-order valence-corrected chi connectivity index (χ1v) is 10.4. The molecule has 3 rings (SSSR count). The number of hydrogen-bond donors (Lipinski definition) is 3. The van der Waals surface area contributed by atoms with Crippen LogP contribution in [0.25, 0.3) is 11.0 Å². The molecule has 3 N–H and O–H groups in total. The summed E-state index contributed by atoms with van der Waals surface area (Å²) in [6.45, 7) is 10.7. The van der Waals surface area contributed by atoms with Gasteiger partial charge in [0.1, 0.15) is 5.82 Å². The van der Waals surface area contributed by atoms with E-state index in [1.807, 2.05) is 18.2 Å². The monoisotopic (exact) mass is 498 g/mol. The average Bonchev–Trinajstić information content (AvgIpc) is 3.08. The molecule has 1 aromatic carbocycles. The number of nitrogens with zero attached hydrogens (tertiary/aromatic N) is 3. The molecule has 1 aromatic heterocycles. The number of rotatable bonds is 7. The van der Waals surface area contributed by atoms with Crippen LogP contribution in [-0.2, 0) is 6.42 Å². The van der Waals surface area contributed by atoms with Gasteiger partial charge >= 0.3 is 0 Å². The van der Waals surface area contributed by atoms with E-state index in [1.54, 1.807) is 0 Å². The third kappa shape index (κ3) is 6.62. The van der Waals surface area contributed by atoms with Crippen molar-refractivity contribution in [3.63, 3.8) is 0 Å². The predicted molar refractivity (Wildman–Crippen MR) is 129 cm³/mol. The molecule has 0 aliphatic carbocycles. The number of imidazole rings is 1. The van der Waals surface area contributed by atoms with Crippen LogP contribution in [0.1, 0.15) is 45.9 Å². The van der Waals surface area contributed by atoms with Crippen molar-refractivity contribution in [2.24, 2.45) is 4.99 Å². The summed E-state index contributed by atoms with van der Waals surface area (Å²) in [5.41, 5.74) is 2.15. The highest BCUT2D eigenvalue weighted by atomic mass is 127. The first-order valence-electron chi connectivity index (χ1n) is 10.4. The number of likely N-dealkylation sites (tertiary alicyclic amines) is 1. The Morgan fingerprint density at radius 1 is 1.29 bits per heavy atom. The Balaban J connectivity index is 0.00000280. The Morgan fingerprint density at radius 3 is 2.71 bits per heavy atom. The van der Waals surface area contributed by atoms with E-state index in [4.69, 9.17) is 4.99 Å². The predicted octanol–water partition coefficient (Wildman–Crippen LogP) is 3.54. The number of aryl methyl sites for hydroxylation is 1. The summed E-state index contributed by atoms with van der Waals surface area (Å²) in [6, 6.07) is 9.35. The highest BCUT2D eigenvalue weighted by Gasteiger charge is 2.21. The van der Waals surface area contributed by atoms with Crippen molar-refractivity contribution in [1.82, 2.24) is 25.5 Å². The normalized spacial score (nSPS) is 16.4. The van der Waals surface area contributed by atoms with Crippen molar-refractivity contribution in [2.75, 3.05) is 26.2 Å². The fourth-order valence-electron chi connectivity index (χ4n) is 3.63. The lowest BCUT2D eigenvalue weighted by atomic mass is 10.0. The molecule has 0 atom stereocenters. The number of aromatic amines is 1. The minimum absolute atomic E-state index is 0. The van der Waals surface area contributed by atoms with E-state index < -0.39 is 0 Å². The first kappa shape index (κ1) is 22.9. The Kier molecular flexibility index (Phi) is 9.50. The van der Waals surface area contributed by atoms with Crippen LogP contribution in [0.4, 0.5) is 0 Å². The number of hydrogen-bond acceptors (Lipinski definition) is 3. The molecule has 1 aliphatic rings. The standard InChI is InChI=1S/C21H34N6.HI/c1-4-22-21(24-17-11-14-27(15-12-17)16(2)3)23-13-7-10-20-25-18-8-5-6-9-19(18)26-20;/h5-6,8-9,16-17H,4,7,10-15H2,1-3H3,(H,25,26)(H2,22,23,24);1H. The summed E-state index contributed by atoms with van der Waals surface area (Å²) < 4.78 is 0. The lowest BCUT2D eigenvalue weighted by Gasteiger charge is -2.35. The van der Waals surface area contributed by atoms with Gasteiger partial charge in [0.05, 0.1) is 11.0 Å². The molecule has 1 aliphatic heterocycles. The Bertz CT molecular complexity index is 700. The molecule has 7 heteroatoms. The van der Waals surface area contributed by atoms with E-state index in [-0.39, 0.29) is 24.0 Å². The third-order valence-electron chi connectivity index (χ3n) is 5.22. The molecule has 156 valence electrons. The van der Waals surface area contributed by atoms with Crippen molar-refractivity contribution in [3.8, 4) is 0 Å². The molecule has 1 fully saturated rings. The quantitative estimate of drug-likeness (QED) is 0.237. The highest BCUT2D eigenvalue weighted by Crippen LogP contribution is 2.13. The van der Waals surface area contributed by atoms with Crippen LogP contribution in [-0.4, -0.2) is 59.1 Å². The van der Waals surface area contributed by atoms with Gasteiger partial charge < -0.3 is 20.5 Å². The van der Waals surface area contributed by atoms with Gasteiger partial charge in [0.2, 0.25) is 0 Å². The molecular weight excluding hydrogens is 463 g/mol. The van der Waals surface area contributed by atoms with E-state index in [1.165, 1.54) is 25.9 Å². The second-order valence-electron chi connectivity index (χ2n) is 7.61. The van der Waals surface area contributed by atoms with Crippen LogP contribution in [0.5, 0.6) is 0 Å². The number of fused-ring (bicyclic) bond motifs is 1. The minimum atomic E-state index is 0. The Morgan fingerprint density at radius 2 is 2.04 bits per heavy atom. The molecule has 0 spiro atoms. The molecule has 0 amide bonds. The molecule has 2 aromatic rings. The SMILES string of the molecule is CCNC(=NCCCc1nc2ccccc2[nH]1)NC1CCN(C(C)C)CC1.I. The lowest BCUT2D eigenvalue weighted by Crippen LogP contribution is -2.49. The second-order valence-corrected chi connectivity index (χ2v) is 7.61. The molecule has 2 heterocycles. The van der Waals surface area contributed by atoms with Gasteiger partial charge in [-0.05, 0) is 52.2 Å². The fraction of sp³-hybridized carbons (Fsp3) is 0.619. The third-order valence-corrected chi connectivity index (χ3v) is 5.22. The van der Waals surface area contributed by atoms with Gasteiger partial charge in [-0.1, -0.05) is 12.1 Å². The highest BCUT2D eigenvalue weighted by molar-refractivity contribution is 14.0. The van der Waals surface area contributed by atoms with Gasteiger partial charge in [-0.3, -0.25) is 4.99 Å². The van der Waals surface area contributed by atoms with Crippen molar-refractivity contribution < 1.29 is 0 Å². The number of aromatic nitrogens is 2. The number of nitrogens with one attached hydrogen (secondary N) is 3. The van der Waals surface area contributed by atoms with Crippen LogP contribution in [0, 0.1) is 0 Å². The fourth-order valence-corrected chi connectivity index (χ4v) is 3.63. The van der Waals surface area contributed by atoms with Crippen LogP contribution in [0.3, 0.4) is 0 Å². The Hall–Kier alpha value is -1.35. The van der Waals surface area contributed by atoms with Gasteiger partial charge in [0, 0.05) is 44.7 Å². The van der Waals surface area contributed by atoms with Crippen molar-refractivity contribution >= 4 is 41.0 Å². The maximum atomic E-state index is 4.77. The van der Waals surface area contributed by atoms with E-state index in [2.05, 4.69) is 52.3 Å². The first-order chi connectivity index (χ1) is 13.2. The molecule has 0 unspecified atom stereocenters. The average molecular weight is 498 g/mol. The van der Waals surface area contributed by atoms with Gasteiger partial charge in [-0.25, -0.2) is 4.98 Å². The number of piperidine rings is 1. The molecule has 28 heavy (non-hydrogen) atoms. The van der Waals surface area contributed by atoms with Crippen molar-refractivity contribution in [1.29, 1.82) is 0 Å². The van der Waals surface area contributed by atoms with Crippen LogP contribution in [0.2, 0.25) is 0 Å². The van der Waals surface area contributed by atoms with Gasteiger partial charge in [-0.2, -0.15) is 0 Å². The van der Waals surface area contributed by atoms with E-state index in [9.17, 15) is 0 Å². The minimum Gasteiger partial charge on any atom is -0.357 e. The van der Waals surface area contributed by atoms with Gasteiger partial charge in [0.15, 0.2) is 5.96 Å². The van der Waals surface area contributed by atoms with Gasteiger partial charge in [-0.15, -0.1) is 24.0 Å². The number of guanidine groups is 1. The maximum Gasteiger partial charge on any atom is 0.191 e. The number of aliphatic imine (C=N–C) groups is 1. The van der Waals surface area contributed by atoms with Crippen molar-refractivity contribution in [2.45, 2.75) is 58.5 Å². The topological polar surface area (TPSA) is 68.3 Å². The zero-order valence-corrected chi connectivity index (χ0v) is 19.7. The summed E-state index contributed by atoms with van der Waals surface area (Å²) in [5.74, 6) is 2.00. The van der Waals surface area contributed by atoms with Crippen LogP contribution < -0.4 is 10.6 Å². The summed E-state index contributed by atoms with van der Waals surface area (Å²) in [5, 5.41) is 7.01. The zero-order valence-electron chi connectivity index (χ0n) is 17.4. The lowest BCUT2D eigenvalue weighted by molar-refractivity contribution is 0.167. The molecule has 1 saturated heterocycles.